The topological polar surface area (TPSA) is 22.1 Å². The molecule has 1 aromatic heterocycles. The van der Waals surface area contributed by atoms with E-state index in [0.717, 1.165) is 16.8 Å². The van der Waals surface area contributed by atoms with Crippen LogP contribution in [0.15, 0.2) is 121 Å². The van der Waals surface area contributed by atoms with Gasteiger partial charge in [-0.15, -0.1) is 0 Å². The maximum atomic E-state index is 13.5. The Morgan fingerprint density at radius 2 is 1.43 bits per heavy atom. The largest absolute Gasteiger partial charge is 0.401 e. The van der Waals surface area contributed by atoms with Gasteiger partial charge < -0.3 is 4.43 Å². The number of pyridine rings is 1. The lowest BCUT2D eigenvalue weighted by molar-refractivity contribution is 0.252. The maximum Gasteiger partial charge on any atom is 0.261 e. The van der Waals surface area contributed by atoms with Gasteiger partial charge >= 0.3 is 0 Å². The molecule has 0 spiro atoms. The average Bonchev–Trinajstić information content (AvgIpc) is 2.90. The lowest BCUT2D eigenvalue weighted by Crippen LogP contribution is -2.67. The molecule has 37 heavy (non-hydrogen) atoms. The highest BCUT2D eigenvalue weighted by Gasteiger charge is 2.50. The second kappa shape index (κ2) is 11.6. The van der Waals surface area contributed by atoms with Crippen LogP contribution in [0.5, 0.6) is 0 Å². The van der Waals surface area contributed by atoms with E-state index in [9.17, 15) is 4.39 Å². The minimum atomic E-state index is -2.59. The first-order valence-electron chi connectivity index (χ1n) is 12.7. The predicted molar refractivity (Wildman–Crippen MR) is 156 cm³/mol. The summed E-state index contributed by atoms with van der Waals surface area (Å²) in [6, 6.07) is 31.8. The third kappa shape index (κ3) is 6.22. The van der Waals surface area contributed by atoms with Gasteiger partial charge in [-0.2, -0.15) is 0 Å². The minimum Gasteiger partial charge on any atom is -0.401 e. The Morgan fingerprint density at radius 1 is 0.784 bits per heavy atom. The molecule has 4 aromatic rings. The summed E-state index contributed by atoms with van der Waals surface area (Å²) in [6.45, 7) is 8.97. The summed E-state index contributed by atoms with van der Waals surface area (Å²) in [4.78, 5) is 4.50. The quantitative estimate of drug-likeness (QED) is 0.183. The van der Waals surface area contributed by atoms with E-state index in [0.29, 0.717) is 0 Å². The van der Waals surface area contributed by atoms with Gasteiger partial charge in [0, 0.05) is 11.8 Å². The van der Waals surface area contributed by atoms with E-state index < -0.39 is 8.32 Å². The average molecular weight is 508 g/mol. The molecule has 0 amide bonds. The van der Waals surface area contributed by atoms with Gasteiger partial charge in [0.05, 0.1) is 11.8 Å². The number of hydrogen-bond donors (Lipinski definition) is 0. The summed E-state index contributed by atoms with van der Waals surface area (Å²) in [5.41, 5.74) is 2.54. The number of rotatable bonds is 8. The molecule has 0 unspecified atom stereocenters. The first kappa shape index (κ1) is 26.5. The van der Waals surface area contributed by atoms with Crippen LogP contribution in [-0.2, 0) is 4.43 Å². The zero-order valence-electron chi connectivity index (χ0n) is 21.9. The van der Waals surface area contributed by atoms with Crippen molar-refractivity contribution in [3.05, 3.63) is 133 Å². The number of benzene rings is 3. The van der Waals surface area contributed by atoms with Crippen molar-refractivity contribution >= 4 is 24.8 Å². The number of nitrogens with zero attached hydrogens (tertiary/aromatic N) is 1. The molecule has 1 atom stereocenters. The zero-order chi connectivity index (χ0) is 26.3. The van der Waals surface area contributed by atoms with Gasteiger partial charge in [0.2, 0.25) is 0 Å². The molecule has 4 rings (SSSR count). The number of aromatic nitrogens is 1. The number of hydrogen-bond acceptors (Lipinski definition) is 2. The first-order chi connectivity index (χ1) is 17.8. The molecule has 0 fully saturated rings. The highest BCUT2D eigenvalue weighted by atomic mass is 28.4. The summed E-state index contributed by atoms with van der Waals surface area (Å²) in [5, 5.41) is 2.47. The van der Waals surface area contributed by atoms with Crippen molar-refractivity contribution in [1.82, 2.24) is 4.98 Å². The molecule has 0 radical (unpaired) electrons. The molecule has 0 aliphatic carbocycles. The monoisotopic (exact) mass is 507 g/mol. The van der Waals surface area contributed by atoms with Crippen molar-refractivity contribution < 1.29 is 8.82 Å². The Hall–Kier alpha value is -3.60. The summed E-state index contributed by atoms with van der Waals surface area (Å²) in [5.74, 6) is -0.249. The van der Waals surface area contributed by atoms with Crippen LogP contribution in [0, 0.1) is 5.82 Å². The van der Waals surface area contributed by atoms with E-state index in [2.05, 4.69) is 99.4 Å². The van der Waals surface area contributed by atoms with E-state index in [-0.39, 0.29) is 17.0 Å². The van der Waals surface area contributed by atoms with Crippen LogP contribution in [0.2, 0.25) is 5.04 Å². The van der Waals surface area contributed by atoms with Gasteiger partial charge in [0.1, 0.15) is 5.82 Å². The van der Waals surface area contributed by atoms with Crippen molar-refractivity contribution in [2.24, 2.45) is 0 Å². The number of halogens is 1. The van der Waals surface area contributed by atoms with Crippen molar-refractivity contribution in [2.45, 2.75) is 38.8 Å². The summed E-state index contributed by atoms with van der Waals surface area (Å²) < 4.78 is 20.6. The summed E-state index contributed by atoms with van der Waals surface area (Å²) in [7, 11) is -2.59. The van der Waals surface area contributed by atoms with Crippen molar-refractivity contribution in [3.63, 3.8) is 0 Å². The van der Waals surface area contributed by atoms with E-state index in [1.807, 2.05) is 36.4 Å². The molecule has 2 nitrogen and oxygen atoms in total. The first-order valence-corrected chi connectivity index (χ1v) is 14.6. The van der Waals surface area contributed by atoms with Gasteiger partial charge in [0.15, 0.2) is 0 Å². The van der Waals surface area contributed by atoms with Gasteiger partial charge in [0.25, 0.3) is 8.32 Å². The van der Waals surface area contributed by atoms with Gasteiger partial charge in [-0.1, -0.05) is 118 Å². The molecule has 0 saturated heterocycles. The summed E-state index contributed by atoms with van der Waals surface area (Å²) >= 11 is 0. The second-order valence-electron chi connectivity index (χ2n) is 10.2. The third-order valence-electron chi connectivity index (χ3n) is 6.48. The molecule has 4 heteroatoms. The second-order valence-corrected chi connectivity index (χ2v) is 14.5. The Labute approximate surface area is 221 Å². The van der Waals surface area contributed by atoms with Crippen LogP contribution in [0.3, 0.4) is 0 Å². The van der Waals surface area contributed by atoms with Crippen LogP contribution in [0.1, 0.15) is 33.4 Å². The Kier molecular flexibility index (Phi) is 8.32. The van der Waals surface area contributed by atoms with Crippen LogP contribution in [0.25, 0.3) is 17.2 Å². The van der Waals surface area contributed by atoms with Crippen molar-refractivity contribution in [3.8, 4) is 11.1 Å². The highest BCUT2D eigenvalue weighted by molar-refractivity contribution is 6.99. The molecule has 1 heterocycles. The van der Waals surface area contributed by atoms with E-state index in [4.69, 9.17) is 4.43 Å². The van der Waals surface area contributed by atoms with E-state index in [1.54, 1.807) is 12.3 Å². The lowest BCUT2D eigenvalue weighted by atomic mass is 10.1. The molecule has 3 aromatic carbocycles. The molecule has 0 N–H and O–H groups in total. The van der Waals surface area contributed by atoms with Crippen LogP contribution in [-0.4, -0.2) is 19.4 Å². The van der Waals surface area contributed by atoms with E-state index >= 15 is 0 Å². The number of allylic oxidation sites excluding steroid dienone is 2. The zero-order valence-corrected chi connectivity index (χ0v) is 22.9. The Morgan fingerprint density at radius 3 is 1.97 bits per heavy atom. The van der Waals surface area contributed by atoms with Crippen molar-refractivity contribution in [1.29, 1.82) is 0 Å². The Bertz CT molecular complexity index is 1300. The van der Waals surface area contributed by atoms with Gasteiger partial charge in [-0.3, -0.25) is 4.98 Å². The maximum absolute atomic E-state index is 13.5. The van der Waals surface area contributed by atoms with Gasteiger partial charge in [-0.05, 0) is 52.2 Å². The molecule has 0 saturated carbocycles. The standard InChI is InChI=1S/C33H34FNOSi/c1-26(14-11-12-17-30-23-22-28(25-35-30)27-15-13-16-29(34)24-27)36-37(33(2,3)4,31-18-7-5-8-19-31)32-20-9-6-10-21-32/h5-26H,1-4H3/b14-11-,17-12+/t26-/m1/s1. The predicted octanol–water partition coefficient (Wildman–Crippen LogP) is 7.42. The Balaban J connectivity index is 1.52. The highest BCUT2D eigenvalue weighted by Crippen LogP contribution is 2.37. The fourth-order valence-electron chi connectivity index (χ4n) is 4.73. The third-order valence-corrected chi connectivity index (χ3v) is 11.6. The molecule has 0 bridgehead atoms. The molecular formula is C33H34FNOSi. The molecule has 0 aliphatic rings. The fourth-order valence-corrected chi connectivity index (χ4v) is 9.38. The lowest BCUT2D eigenvalue weighted by Gasteiger charge is -2.44. The molecular weight excluding hydrogens is 473 g/mol. The van der Waals surface area contributed by atoms with Gasteiger partial charge in [-0.25, -0.2) is 4.39 Å². The summed E-state index contributed by atoms with van der Waals surface area (Å²) in [6.07, 6.45) is 9.74. The molecule has 0 aliphatic heterocycles. The van der Waals surface area contributed by atoms with Crippen LogP contribution >= 0.6 is 0 Å². The normalized spacial score (nSPS) is 13.3. The van der Waals surface area contributed by atoms with Crippen LogP contribution < -0.4 is 10.4 Å². The minimum absolute atomic E-state index is 0.0685. The van der Waals surface area contributed by atoms with E-state index in [1.165, 1.54) is 22.5 Å². The fraction of sp³-hybridized carbons (Fsp3) is 0.182. The van der Waals surface area contributed by atoms with Crippen LogP contribution in [0.4, 0.5) is 4.39 Å². The SMILES string of the molecule is C[C@H](/C=C\C=C\c1ccc(-c2cccc(F)c2)cn1)O[Si](c1ccccc1)(c1ccccc1)C(C)(C)C. The van der Waals surface area contributed by atoms with Crippen molar-refractivity contribution in [2.75, 3.05) is 0 Å². The molecule has 188 valence electrons. The smallest absolute Gasteiger partial charge is 0.261 e.